The highest BCUT2D eigenvalue weighted by Crippen LogP contribution is 2.52. The van der Waals surface area contributed by atoms with Crippen molar-refractivity contribution < 1.29 is 23.1 Å². The topological polar surface area (TPSA) is 54.0 Å². The van der Waals surface area contributed by atoms with Crippen molar-refractivity contribution in [3.63, 3.8) is 0 Å². The quantitative estimate of drug-likeness (QED) is 0.570. The van der Waals surface area contributed by atoms with Gasteiger partial charge in [-0.2, -0.15) is 0 Å². The van der Waals surface area contributed by atoms with Gasteiger partial charge in [0.15, 0.2) is 6.10 Å². The molecular formula is C12H17O5PS. The third kappa shape index (κ3) is 4.67. The Morgan fingerprint density at radius 1 is 1.26 bits per heavy atom. The van der Waals surface area contributed by atoms with E-state index in [1.54, 1.807) is 31.2 Å². The lowest BCUT2D eigenvalue weighted by Gasteiger charge is -2.23. The van der Waals surface area contributed by atoms with E-state index in [4.69, 9.17) is 30.1 Å². The molecule has 19 heavy (non-hydrogen) atoms. The summed E-state index contributed by atoms with van der Waals surface area (Å²) in [5.74, 6) is -0.517. The molecule has 1 aromatic carbocycles. The Kier molecular flexibility index (Phi) is 6.62. The van der Waals surface area contributed by atoms with Crippen molar-refractivity contribution in [2.24, 2.45) is 0 Å². The number of ether oxygens (including phenoxy) is 1. The molecule has 0 aromatic heterocycles. The minimum absolute atomic E-state index is 0.258. The molecule has 1 rings (SSSR count). The van der Waals surface area contributed by atoms with E-state index in [9.17, 15) is 4.79 Å². The van der Waals surface area contributed by atoms with E-state index in [0.29, 0.717) is 5.56 Å². The first-order valence-corrected chi connectivity index (χ1v) is 8.23. The van der Waals surface area contributed by atoms with Gasteiger partial charge in [-0.15, -0.1) is 0 Å². The third-order valence-electron chi connectivity index (χ3n) is 2.28. The summed E-state index contributed by atoms with van der Waals surface area (Å²) in [6, 6.07) is 8.95. The van der Waals surface area contributed by atoms with Crippen LogP contribution in [0, 0.1) is 0 Å². The number of carbonyl (C=O) groups excluding carboxylic acids is 1. The van der Waals surface area contributed by atoms with Crippen LogP contribution < -0.4 is 0 Å². The molecule has 7 heteroatoms. The van der Waals surface area contributed by atoms with Crippen LogP contribution in [0.3, 0.4) is 0 Å². The highest BCUT2D eigenvalue weighted by Gasteiger charge is 2.31. The van der Waals surface area contributed by atoms with E-state index in [1.807, 2.05) is 6.07 Å². The fraction of sp³-hybridized carbons (Fsp3) is 0.417. The first-order valence-electron chi connectivity index (χ1n) is 5.67. The Morgan fingerprint density at radius 2 is 1.84 bits per heavy atom. The highest BCUT2D eigenvalue weighted by molar-refractivity contribution is 8.07. The van der Waals surface area contributed by atoms with Crippen molar-refractivity contribution in [2.75, 3.05) is 20.8 Å². The van der Waals surface area contributed by atoms with Crippen LogP contribution in [0.1, 0.15) is 18.6 Å². The summed E-state index contributed by atoms with van der Waals surface area (Å²) in [5, 5.41) is 0. The maximum absolute atomic E-state index is 12.0. The standard InChI is InChI=1S/C12H17O5PS/c1-4-16-12(13)11(10-8-6-5-7-9-10)17-18(19,14-2)15-3/h5-9,11H,4H2,1-3H3. The molecule has 0 aliphatic rings. The largest absolute Gasteiger partial charge is 0.464 e. The zero-order valence-corrected chi connectivity index (χ0v) is 12.8. The van der Waals surface area contributed by atoms with Crippen LogP contribution in [0.5, 0.6) is 0 Å². The van der Waals surface area contributed by atoms with E-state index in [2.05, 4.69) is 0 Å². The van der Waals surface area contributed by atoms with Crippen LogP contribution in [-0.4, -0.2) is 26.8 Å². The van der Waals surface area contributed by atoms with Crippen molar-refractivity contribution in [2.45, 2.75) is 13.0 Å². The molecule has 0 saturated carbocycles. The minimum Gasteiger partial charge on any atom is -0.464 e. The second-order valence-electron chi connectivity index (χ2n) is 3.46. The predicted octanol–water partition coefficient (Wildman–Crippen LogP) is 2.82. The van der Waals surface area contributed by atoms with Crippen molar-refractivity contribution in [1.29, 1.82) is 0 Å². The van der Waals surface area contributed by atoms with Gasteiger partial charge in [0.25, 0.3) is 0 Å². The summed E-state index contributed by atoms with van der Waals surface area (Å²) in [4.78, 5) is 12.0. The Balaban J connectivity index is 3.00. The molecule has 0 aliphatic heterocycles. The lowest BCUT2D eigenvalue weighted by Crippen LogP contribution is -2.18. The van der Waals surface area contributed by atoms with Crippen LogP contribution in [0.15, 0.2) is 30.3 Å². The van der Waals surface area contributed by atoms with Crippen LogP contribution >= 0.6 is 6.72 Å². The molecule has 0 N–H and O–H groups in total. The number of carbonyl (C=O) groups is 1. The number of esters is 1. The predicted molar refractivity (Wildman–Crippen MR) is 75.2 cm³/mol. The zero-order valence-electron chi connectivity index (χ0n) is 11.1. The summed E-state index contributed by atoms with van der Waals surface area (Å²) < 4.78 is 20.6. The lowest BCUT2D eigenvalue weighted by molar-refractivity contribution is -0.152. The number of benzene rings is 1. The van der Waals surface area contributed by atoms with Gasteiger partial charge in [0.1, 0.15) is 0 Å². The van der Waals surface area contributed by atoms with Gasteiger partial charge in [0.05, 0.1) is 6.61 Å². The Hall–Kier alpha value is -0.780. The minimum atomic E-state index is -2.95. The van der Waals surface area contributed by atoms with Crippen molar-refractivity contribution in [1.82, 2.24) is 0 Å². The first kappa shape index (κ1) is 16.3. The summed E-state index contributed by atoms with van der Waals surface area (Å²) in [5.41, 5.74) is 0.643. The van der Waals surface area contributed by atoms with E-state index in [0.717, 1.165) is 0 Å². The molecule has 0 heterocycles. The molecule has 0 radical (unpaired) electrons. The summed E-state index contributed by atoms with van der Waals surface area (Å²) in [6.07, 6.45) is -0.952. The second kappa shape index (κ2) is 7.72. The van der Waals surface area contributed by atoms with Gasteiger partial charge in [0.2, 0.25) is 0 Å². The normalized spacial score (nSPS) is 13.0. The van der Waals surface area contributed by atoms with Crippen molar-refractivity contribution >= 4 is 24.5 Å². The molecule has 106 valence electrons. The highest BCUT2D eigenvalue weighted by atomic mass is 32.5. The average molecular weight is 304 g/mol. The lowest BCUT2D eigenvalue weighted by atomic mass is 10.1. The smallest absolute Gasteiger partial charge is 0.340 e. The van der Waals surface area contributed by atoms with Gasteiger partial charge >= 0.3 is 12.7 Å². The van der Waals surface area contributed by atoms with Crippen molar-refractivity contribution in [3.05, 3.63) is 35.9 Å². The molecule has 1 unspecified atom stereocenters. The van der Waals surface area contributed by atoms with Gasteiger partial charge in [-0.25, -0.2) is 4.79 Å². The van der Waals surface area contributed by atoms with Crippen LogP contribution in [0.25, 0.3) is 0 Å². The number of hydrogen-bond acceptors (Lipinski definition) is 6. The molecule has 0 spiro atoms. The van der Waals surface area contributed by atoms with E-state index >= 15 is 0 Å². The zero-order chi connectivity index (χ0) is 14.3. The second-order valence-corrected chi connectivity index (χ2v) is 6.64. The van der Waals surface area contributed by atoms with Gasteiger partial charge in [-0.1, -0.05) is 30.3 Å². The Labute approximate surface area is 118 Å². The monoisotopic (exact) mass is 304 g/mol. The van der Waals surface area contributed by atoms with Gasteiger partial charge < -0.3 is 13.8 Å². The van der Waals surface area contributed by atoms with Gasteiger partial charge in [0, 0.05) is 14.2 Å². The molecule has 0 bridgehead atoms. The van der Waals surface area contributed by atoms with Gasteiger partial charge in [-0.3, -0.25) is 4.52 Å². The van der Waals surface area contributed by atoms with E-state index < -0.39 is 18.8 Å². The van der Waals surface area contributed by atoms with Crippen molar-refractivity contribution in [3.8, 4) is 0 Å². The van der Waals surface area contributed by atoms with E-state index in [-0.39, 0.29) is 6.61 Å². The van der Waals surface area contributed by atoms with Crippen LogP contribution in [0.4, 0.5) is 0 Å². The first-order chi connectivity index (χ1) is 9.06. The summed E-state index contributed by atoms with van der Waals surface area (Å²) >= 11 is 5.12. The molecule has 0 aliphatic carbocycles. The van der Waals surface area contributed by atoms with Crippen LogP contribution in [0.2, 0.25) is 0 Å². The molecular weight excluding hydrogens is 287 g/mol. The summed E-state index contributed by atoms with van der Waals surface area (Å²) in [6.45, 7) is -0.965. The molecule has 0 saturated heterocycles. The molecule has 1 atom stereocenters. The SMILES string of the molecule is CCOC(=O)C(OP(=S)(OC)OC)c1ccccc1. The fourth-order valence-corrected chi connectivity index (χ4v) is 2.42. The molecule has 0 fully saturated rings. The van der Waals surface area contributed by atoms with E-state index in [1.165, 1.54) is 14.2 Å². The van der Waals surface area contributed by atoms with Gasteiger partial charge in [-0.05, 0) is 24.3 Å². The maximum atomic E-state index is 12.0. The average Bonchev–Trinajstić information content (AvgIpc) is 2.45. The third-order valence-corrected chi connectivity index (χ3v) is 4.80. The molecule has 5 nitrogen and oxygen atoms in total. The number of hydrogen-bond donors (Lipinski definition) is 0. The maximum Gasteiger partial charge on any atom is 0.340 e. The molecule has 1 aromatic rings. The Morgan fingerprint density at radius 3 is 2.32 bits per heavy atom. The fourth-order valence-electron chi connectivity index (χ4n) is 1.38. The summed E-state index contributed by atoms with van der Waals surface area (Å²) in [7, 11) is 2.77. The Bertz CT molecular complexity index is 443. The number of rotatable bonds is 7. The van der Waals surface area contributed by atoms with Crippen LogP contribution in [-0.2, 0) is 34.9 Å². The molecule has 0 amide bonds.